The summed E-state index contributed by atoms with van der Waals surface area (Å²) in [5, 5.41) is 7.03. The Labute approximate surface area is 130 Å². The number of halogens is 6. The Kier molecular flexibility index (Phi) is 4.44. The second-order valence-electron chi connectivity index (χ2n) is 4.56. The lowest BCUT2D eigenvalue weighted by Crippen LogP contribution is -2.55. The van der Waals surface area contributed by atoms with E-state index in [0.29, 0.717) is 14.9 Å². The van der Waals surface area contributed by atoms with E-state index in [1.807, 2.05) is 0 Å². The Hall–Kier alpha value is -2.73. The van der Waals surface area contributed by atoms with E-state index in [1.54, 1.807) is 12.1 Å². The van der Waals surface area contributed by atoms with Gasteiger partial charge in [-0.05, 0) is 27.1 Å². The van der Waals surface area contributed by atoms with Gasteiger partial charge in [0.1, 0.15) is 11.0 Å². The highest BCUT2D eigenvalue weighted by atomic mass is 19.4. The molecule has 0 bridgehead atoms. The highest BCUT2D eigenvalue weighted by molar-refractivity contribution is 5.73. The van der Waals surface area contributed by atoms with Gasteiger partial charge in [-0.3, -0.25) is 0 Å². The molecule has 24 heavy (non-hydrogen) atoms. The van der Waals surface area contributed by atoms with Crippen LogP contribution in [0.2, 0.25) is 0 Å². The van der Waals surface area contributed by atoms with Crippen LogP contribution in [0.3, 0.4) is 0 Å². The number of rotatable bonds is 2. The van der Waals surface area contributed by atoms with Crippen molar-refractivity contribution in [2.24, 2.45) is 0 Å². The van der Waals surface area contributed by atoms with Crippen molar-refractivity contribution in [3.63, 3.8) is 0 Å². The molecule has 2 aromatic rings. The Balaban J connectivity index is 2.31. The molecule has 1 heterocycles. The van der Waals surface area contributed by atoms with Gasteiger partial charge in [-0.25, -0.2) is 4.58 Å². The molecule has 2 rings (SSSR count). The largest absolute Gasteiger partial charge is 0.573 e. The van der Waals surface area contributed by atoms with Gasteiger partial charge in [0.25, 0.3) is 0 Å². The minimum atomic E-state index is -5.79. The zero-order valence-electron chi connectivity index (χ0n) is 12.1. The average Bonchev–Trinajstić information content (AvgIpc) is 2.83. The number of hydrogen-bond donors (Lipinski definition) is 0. The van der Waals surface area contributed by atoms with Crippen LogP contribution in [-0.4, -0.2) is 57.4 Å². The van der Waals surface area contributed by atoms with Crippen LogP contribution < -0.4 is 4.99 Å². The molecule has 0 aliphatic rings. The van der Waals surface area contributed by atoms with E-state index in [9.17, 15) is 26.3 Å². The number of nitrogens with zero attached hydrogens (tertiary/aromatic N) is 5. The molecule has 0 spiro atoms. The van der Waals surface area contributed by atoms with E-state index in [-0.39, 0.29) is 5.52 Å². The zero-order valence-corrected chi connectivity index (χ0v) is 12.1. The predicted octanol–water partition coefficient (Wildman–Crippen LogP) is 1.76. The molecule has 1 aromatic heterocycles. The van der Waals surface area contributed by atoms with E-state index in [4.69, 9.17) is 0 Å². The molecule has 0 N–H and O–H groups in total. The summed E-state index contributed by atoms with van der Waals surface area (Å²) in [5.41, 5.74) is 0.483. The molecule has 0 radical (unpaired) electrons. The second-order valence-corrected chi connectivity index (χ2v) is 4.56. The fourth-order valence-corrected chi connectivity index (χ4v) is 1.64. The van der Waals surface area contributed by atoms with Crippen LogP contribution in [0.15, 0.2) is 24.3 Å². The molecule has 0 saturated carbocycles. The summed E-state index contributed by atoms with van der Waals surface area (Å²) in [6.45, 7) is 0. The van der Waals surface area contributed by atoms with Crippen LogP contribution in [-0.2, 0) is 4.89 Å². The van der Waals surface area contributed by atoms with Crippen LogP contribution >= 0.6 is 0 Å². The SMILES string of the molecule is C[N+](C)=C(OOn1nnc2ccccc21)N(C(F)(F)F)C(F)(F)F. The fourth-order valence-electron chi connectivity index (χ4n) is 1.64. The number of para-hydroxylation sites is 1. The quantitative estimate of drug-likeness (QED) is 0.156. The lowest BCUT2D eigenvalue weighted by Gasteiger charge is -2.20. The summed E-state index contributed by atoms with van der Waals surface area (Å²) in [6, 6.07) is 4.43. The van der Waals surface area contributed by atoms with Crippen LogP contribution in [0.25, 0.3) is 11.0 Å². The molecule has 0 amide bonds. The van der Waals surface area contributed by atoms with E-state index in [0.717, 1.165) is 14.1 Å². The van der Waals surface area contributed by atoms with Crippen LogP contribution in [0.5, 0.6) is 0 Å². The van der Waals surface area contributed by atoms with Crippen molar-refractivity contribution in [2.45, 2.75) is 12.6 Å². The lowest BCUT2D eigenvalue weighted by atomic mass is 10.3. The van der Waals surface area contributed by atoms with E-state index in [1.165, 1.54) is 12.1 Å². The molecular formula is C11H10F6N5O2+. The number of aromatic nitrogens is 3. The predicted molar refractivity (Wildman–Crippen MR) is 66.3 cm³/mol. The highest BCUT2D eigenvalue weighted by Gasteiger charge is 2.66. The number of amidine groups is 1. The zero-order chi connectivity index (χ0) is 18.1. The average molecular weight is 358 g/mol. The van der Waals surface area contributed by atoms with Crippen molar-refractivity contribution in [2.75, 3.05) is 14.1 Å². The summed E-state index contributed by atoms with van der Waals surface area (Å²) in [5.74, 6) is 0. The van der Waals surface area contributed by atoms with E-state index in [2.05, 4.69) is 20.2 Å². The van der Waals surface area contributed by atoms with Gasteiger partial charge in [-0.1, -0.05) is 12.1 Å². The van der Waals surface area contributed by atoms with Crippen LogP contribution in [0.1, 0.15) is 0 Å². The third-order valence-corrected chi connectivity index (χ3v) is 2.58. The topological polar surface area (TPSA) is 55.4 Å². The number of benzene rings is 1. The van der Waals surface area contributed by atoms with Crippen LogP contribution in [0.4, 0.5) is 26.3 Å². The van der Waals surface area contributed by atoms with Crippen molar-refractivity contribution in [1.82, 2.24) is 20.1 Å². The van der Waals surface area contributed by atoms with Crippen molar-refractivity contribution < 1.29 is 40.8 Å². The van der Waals surface area contributed by atoms with Crippen molar-refractivity contribution >= 4 is 17.1 Å². The van der Waals surface area contributed by atoms with Crippen molar-refractivity contribution in [3.05, 3.63) is 24.3 Å². The van der Waals surface area contributed by atoms with Gasteiger partial charge in [0.2, 0.25) is 0 Å². The molecule has 132 valence electrons. The van der Waals surface area contributed by atoms with Gasteiger partial charge in [0.15, 0.2) is 0 Å². The maximum absolute atomic E-state index is 12.7. The van der Waals surface area contributed by atoms with Crippen molar-refractivity contribution in [1.29, 1.82) is 0 Å². The van der Waals surface area contributed by atoms with Crippen LogP contribution in [0, 0.1) is 0 Å². The normalized spacial score (nSPS) is 12.2. The minimum absolute atomic E-state index is 0.182. The molecule has 0 atom stereocenters. The first-order chi connectivity index (χ1) is 11.0. The fraction of sp³-hybridized carbons (Fsp3) is 0.364. The molecule has 0 aliphatic carbocycles. The Bertz CT molecular complexity index is 735. The molecule has 0 fully saturated rings. The standard InChI is InChI=1S/C11H10F6N5O2/c1-20(2)9(21(10(12,13)14)11(15,16)17)23-24-22-8-6-4-3-5-7(8)18-19-22/h3-6H,1-2H3/q+1. The van der Waals surface area contributed by atoms with E-state index < -0.39 is 23.5 Å². The highest BCUT2D eigenvalue weighted by Crippen LogP contribution is 2.33. The molecule has 7 nitrogen and oxygen atoms in total. The summed E-state index contributed by atoms with van der Waals surface area (Å²) in [6.07, 6.45) is -11.6. The Morgan fingerprint density at radius 1 is 1.08 bits per heavy atom. The summed E-state index contributed by atoms with van der Waals surface area (Å²) < 4.78 is 76.8. The molecule has 0 saturated heterocycles. The van der Waals surface area contributed by atoms with Gasteiger partial charge in [-0.15, -0.1) is 31.4 Å². The van der Waals surface area contributed by atoms with Gasteiger partial charge in [0.05, 0.1) is 14.1 Å². The maximum Gasteiger partial charge on any atom is 0.573 e. The Morgan fingerprint density at radius 3 is 2.21 bits per heavy atom. The first-order valence-corrected chi connectivity index (χ1v) is 6.15. The number of hydrogen-bond acceptors (Lipinski definition) is 4. The van der Waals surface area contributed by atoms with Crippen molar-refractivity contribution in [3.8, 4) is 0 Å². The summed E-state index contributed by atoms with van der Waals surface area (Å²) >= 11 is 0. The summed E-state index contributed by atoms with van der Waals surface area (Å²) in [4.78, 5) is 7.45. The molecular weight excluding hydrogens is 348 g/mol. The summed E-state index contributed by atoms with van der Waals surface area (Å²) in [7, 11) is 1.84. The van der Waals surface area contributed by atoms with Gasteiger partial charge in [0, 0.05) is 0 Å². The Morgan fingerprint density at radius 2 is 1.67 bits per heavy atom. The lowest BCUT2D eigenvalue weighted by molar-refractivity contribution is -0.509. The van der Waals surface area contributed by atoms with Gasteiger partial charge >= 0.3 is 18.6 Å². The smallest absolute Gasteiger partial charge is 0.231 e. The van der Waals surface area contributed by atoms with Gasteiger partial charge in [-0.2, -0.15) is 9.88 Å². The van der Waals surface area contributed by atoms with E-state index >= 15 is 0 Å². The monoisotopic (exact) mass is 358 g/mol. The second kappa shape index (κ2) is 6.05. The number of fused-ring (bicyclic) bond motifs is 1. The molecule has 1 aromatic carbocycles. The first kappa shape index (κ1) is 17.6. The molecule has 0 aliphatic heterocycles. The molecule has 0 unspecified atom stereocenters. The van der Waals surface area contributed by atoms with Gasteiger partial charge < -0.3 is 0 Å². The minimum Gasteiger partial charge on any atom is -0.231 e. The molecule has 13 heteroatoms. The maximum atomic E-state index is 12.7. The third-order valence-electron chi connectivity index (χ3n) is 2.58. The number of alkyl halides is 6. The first-order valence-electron chi connectivity index (χ1n) is 6.15. The third kappa shape index (κ3) is 3.60.